The fraction of sp³-hybridized carbons (Fsp3) is 0.480. The first-order chi connectivity index (χ1) is 19.1. The summed E-state index contributed by atoms with van der Waals surface area (Å²) in [4.78, 5) is 15.9. The number of aromatic amines is 1. The third kappa shape index (κ3) is 8.27. The van der Waals surface area contributed by atoms with Crippen LogP contribution >= 0.6 is 0 Å². The van der Waals surface area contributed by atoms with Crippen LogP contribution < -0.4 is 15.0 Å². The van der Waals surface area contributed by atoms with Gasteiger partial charge in [0.05, 0.1) is 34.2 Å². The summed E-state index contributed by atoms with van der Waals surface area (Å²) >= 11 is 0. The lowest BCUT2D eigenvalue weighted by atomic mass is 9.93. The number of hydrogen-bond donors (Lipinski definition) is 2. The molecule has 3 aromatic rings. The van der Waals surface area contributed by atoms with Crippen LogP contribution in [0.1, 0.15) is 62.2 Å². The number of alkyl halides is 6. The topological polar surface area (TPSA) is 99.9 Å². The Balaban J connectivity index is 0.000000696. The van der Waals surface area contributed by atoms with Gasteiger partial charge < -0.3 is 15.0 Å². The molecule has 0 aliphatic carbocycles. The van der Waals surface area contributed by atoms with Gasteiger partial charge in [-0.05, 0) is 67.8 Å². The molecule has 1 aromatic carbocycles. The monoisotopic (exact) mass is 592 g/mol. The van der Waals surface area contributed by atoms with Gasteiger partial charge in [0.2, 0.25) is 0 Å². The largest absolute Gasteiger partial charge is 0.465 e. The first-order valence-corrected chi connectivity index (χ1v) is 12.5. The van der Waals surface area contributed by atoms with Crippen molar-refractivity contribution < 1.29 is 45.1 Å². The molecule has 0 spiro atoms. The van der Waals surface area contributed by atoms with Gasteiger partial charge in [-0.1, -0.05) is 11.7 Å². The van der Waals surface area contributed by atoms with E-state index in [-0.39, 0.29) is 42.3 Å². The number of nitrogens with zero attached hydrogens (tertiary/aromatic N) is 5. The summed E-state index contributed by atoms with van der Waals surface area (Å²) < 4.78 is 98.6. The molecule has 2 atom stereocenters. The molecule has 0 saturated carbocycles. The molecular weight excluding hydrogens is 563 g/mol. The number of fused-ring (bicyclic) bond motifs is 1. The molecule has 3 heterocycles. The summed E-state index contributed by atoms with van der Waals surface area (Å²) in [5.41, 5.74) is -1.93. The van der Waals surface area contributed by atoms with Gasteiger partial charge in [0.1, 0.15) is 18.6 Å². The van der Waals surface area contributed by atoms with Gasteiger partial charge in [-0.15, -0.1) is 0 Å². The van der Waals surface area contributed by atoms with Crippen molar-refractivity contribution in [2.24, 2.45) is 7.05 Å². The van der Waals surface area contributed by atoms with E-state index in [0.29, 0.717) is 24.6 Å². The van der Waals surface area contributed by atoms with Crippen LogP contribution in [0, 0.1) is 5.82 Å². The normalized spacial score (nSPS) is 16.8. The van der Waals surface area contributed by atoms with Crippen molar-refractivity contribution in [1.82, 2.24) is 20.4 Å². The number of hydrogen-bond acceptors (Lipinski definition) is 7. The molecule has 0 bridgehead atoms. The van der Waals surface area contributed by atoms with Gasteiger partial charge in [-0.3, -0.25) is 4.79 Å². The van der Waals surface area contributed by atoms with Gasteiger partial charge >= 0.3 is 18.3 Å². The third-order valence-corrected chi connectivity index (χ3v) is 6.02. The summed E-state index contributed by atoms with van der Waals surface area (Å²) in [6.45, 7) is 5.63. The second-order valence-electron chi connectivity index (χ2n) is 9.52. The van der Waals surface area contributed by atoms with Crippen LogP contribution in [0.5, 0.6) is 0 Å². The Hall–Kier alpha value is -3.98. The lowest BCUT2D eigenvalue weighted by molar-refractivity contribution is -0.783. The Kier molecular flexibility index (Phi) is 9.76. The van der Waals surface area contributed by atoms with Gasteiger partial charge in [0, 0.05) is 17.7 Å². The van der Waals surface area contributed by atoms with Crippen molar-refractivity contribution in [3.8, 4) is 0 Å². The van der Waals surface area contributed by atoms with E-state index in [0.717, 1.165) is 18.2 Å². The summed E-state index contributed by atoms with van der Waals surface area (Å²) in [6, 6.07) is 3.24. The Morgan fingerprint density at radius 2 is 1.85 bits per heavy atom. The highest BCUT2D eigenvalue weighted by atomic mass is 19.4. The SMILES string of the molecule is CC(C)OC=O.CC[C@@H]1C[C@H](N(Cc2cc(F)cc(C(F)(F)F)c2)c2n[nH][n+](C)n2)c2nc(C(F)(F)F)ccc2N1. The van der Waals surface area contributed by atoms with Crippen molar-refractivity contribution in [2.75, 3.05) is 10.2 Å². The van der Waals surface area contributed by atoms with Crippen molar-refractivity contribution >= 4 is 18.1 Å². The molecule has 0 unspecified atom stereocenters. The molecule has 2 N–H and O–H groups in total. The zero-order valence-corrected chi connectivity index (χ0v) is 22.5. The Morgan fingerprint density at radius 1 is 1.15 bits per heavy atom. The van der Waals surface area contributed by atoms with E-state index in [4.69, 9.17) is 0 Å². The van der Waals surface area contributed by atoms with Crippen LogP contribution in [0.3, 0.4) is 0 Å². The average Bonchev–Trinajstić information content (AvgIpc) is 3.31. The van der Waals surface area contributed by atoms with Crippen LogP contribution in [0.4, 0.5) is 42.4 Å². The molecule has 1 aliphatic rings. The minimum absolute atomic E-state index is 0.0113. The number of aryl methyl sites for hydroxylation is 1. The zero-order chi connectivity index (χ0) is 30.5. The van der Waals surface area contributed by atoms with Gasteiger partial charge in [-0.25, -0.2) is 9.37 Å². The number of nitrogens with one attached hydrogen (secondary N) is 2. The Labute approximate surface area is 230 Å². The first kappa shape index (κ1) is 31.5. The Morgan fingerprint density at radius 3 is 2.37 bits per heavy atom. The molecule has 0 radical (unpaired) electrons. The minimum atomic E-state index is -4.78. The number of pyridine rings is 1. The standard InChI is InChI=1S/C21H20F7N7.C4H8O2/c1-3-14-9-16(18-15(29-14)4-5-17(30-18)21(26,27)28)35(19-31-33-34(2)32-19)10-11-6-12(20(23,24)25)8-13(22)7-11;1-4(2)6-3-5/h4-8,14,16,29H,3,9-10H2,1-2H3;3-4H,1-2H3/p+1/t14-,16+;/m1./s1. The molecule has 0 fully saturated rings. The van der Waals surface area contributed by atoms with Crippen molar-refractivity contribution in [3.05, 3.63) is 58.7 Å². The number of halogens is 7. The fourth-order valence-corrected chi connectivity index (χ4v) is 4.16. The number of H-pyrrole nitrogens is 1. The third-order valence-electron chi connectivity index (χ3n) is 6.02. The van der Waals surface area contributed by atoms with Crippen molar-refractivity contribution in [1.29, 1.82) is 0 Å². The summed E-state index contributed by atoms with van der Waals surface area (Å²) in [5.74, 6) is -1.08. The van der Waals surface area contributed by atoms with E-state index in [1.165, 1.54) is 22.8 Å². The van der Waals surface area contributed by atoms with E-state index in [1.807, 2.05) is 6.92 Å². The first-order valence-electron chi connectivity index (χ1n) is 12.5. The average molecular weight is 593 g/mol. The van der Waals surface area contributed by atoms with E-state index in [9.17, 15) is 35.5 Å². The maximum absolute atomic E-state index is 14.1. The highest BCUT2D eigenvalue weighted by molar-refractivity contribution is 5.56. The summed E-state index contributed by atoms with van der Waals surface area (Å²) in [6.07, 6.45) is -8.58. The van der Waals surface area contributed by atoms with Crippen molar-refractivity contribution in [2.45, 2.75) is 70.7 Å². The molecule has 16 heteroatoms. The number of aromatic nitrogens is 5. The second kappa shape index (κ2) is 12.7. The number of carbonyl (C=O) groups excluding carboxylic acids is 1. The van der Waals surface area contributed by atoms with E-state index < -0.39 is 35.5 Å². The van der Waals surface area contributed by atoms with E-state index in [1.54, 1.807) is 13.8 Å². The molecule has 0 amide bonds. The number of rotatable bonds is 7. The maximum Gasteiger partial charge on any atom is 0.433 e. The fourth-order valence-electron chi connectivity index (χ4n) is 4.16. The van der Waals surface area contributed by atoms with Crippen LogP contribution in [0.25, 0.3) is 0 Å². The minimum Gasteiger partial charge on any atom is -0.465 e. The molecule has 9 nitrogen and oxygen atoms in total. The predicted octanol–water partition coefficient (Wildman–Crippen LogP) is 5.11. The smallest absolute Gasteiger partial charge is 0.433 e. The predicted molar refractivity (Wildman–Crippen MR) is 132 cm³/mol. The molecular formula is C25H29F7N7O2+. The lowest BCUT2D eigenvalue weighted by Crippen LogP contribution is -2.40. The highest BCUT2D eigenvalue weighted by Gasteiger charge is 2.40. The number of benzene rings is 1. The molecule has 2 aromatic heterocycles. The molecule has 1 aliphatic heterocycles. The summed E-state index contributed by atoms with van der Waals surface area (Å²) in [7, 11) is 1.52. The number of tetrazole rings is 1. The number of anilines is 2. The van der Waals surface area contributed by atoms with Crippen LogP contribution in [0.15, 0.2) is 30.3 Å². The molecule has 4 rings (SSSR count). The second-order valence-corrected chi connectivity index (χ2v) is 9.52. The van der Waals surface area contributed by atoms with Crippen LogP contribution in [0.2, 0.25) is 0 Å². The van der Waals surface area contributed by atoms with Gasteiger partial charge in [0.25, 0.3) is 6.47 Å². The zero-order valence-electron chi connectivity index (χ0n) is 22.5. The van der Waals surface area contributed by atoms with E-state index in [2.05, 4.69) is 30.4 Å². The summed E-state index contributed by atoms with van der Waals surface area (Å²) in [5, 5.41) is 13.9. The Bertz CT molecular complexity index is 1330. The number of ether oxygens (including phenoxy) is 1. The molecule has 41 heavy (non-hydrogen) atoms. The van der Waals surface area contributed by atoms with Crippen molar-refractivity contribution in [3.63, 3.8) is 0 Å². The molecule has 224 valence electrons. The lowest BCUT2D eigenvalue weighted by Gasteiger charge is -2.37. The molecule has 0 saturated heterocycles. The van der Waals surface area contributed by atoms with Crippen LogP contribution in [-0.2, 0) is 35.5 Å². The number of carbonyl (C=O) groups is 1. The van der Waals surface area contributed by atoms with Crippen LogP contribution in [-0.4, -0.2) is 39.0 Å². The highest BCUT2D eigenvalue weighted by Crippen LogP contribution is 2.41. The maximum atomic E-state index is 14.1. The van der Waals surface area contributed by atoms with Gasteiger partial charge in [-0.2, -0.15) is 26.3 Å². The van der Waals surface area contributed by atoms with E-state index >= 15 is 0 Å². The quantitative estimate of drug-likeness (QED) is 0.224. The van der Waals surface area contributed by atoms with Gasteiger partial charge in [0.15, 0.2) is 0 Å².